The number of aryl methyl sites for hydroxylation is 2. The Labute approximate surface area is 145 Å². The number of anilines is 1. The summed E-state index contributed by atoms with van der Waals surface area (Å²) in [6.07, 6.45) is 0.926. The molecule has 0 unspecified atom stereocenters. The second-order valence-corrected chi connectivity index (χ2v) is 8.12. The monoisotopic (exact) mass is 362 g/mol. The van der Waals surface area contributed by atoms with Crippen molar-refractivity contribution in [2.45, 2.75) is 25.2 Å². The minimum atomic E-state index is -3.77. The van der Waals surface area contributed by atoms with E-state index >= 15 is 0 Å². The van der Waals surface area contributed by atoms with E-state index < -0.39 is 10.0 Å². The third kappa shape index (κ3) is 3.22. The fourth-order valence-corrected chi connectivity index (χ4v) is 4.82. The zero-order valence-electron chi connectivity index (χ0n) is 13.7. The molecule has 3 aromatic rings. The van der Waals surface area contributed by atoms with Gasteiger partial charge in [-0.05, 0) is 48.7 Å². The topological polar surface area (TPSA) is 68.3 Å². The summed E-state index contributed by atoms with van der Waals surface area (Å²) in [6, 6.07) is 11.0. The number of thiazole rings is 1. The van der Waals surface area contributed by atoms with Crippen molar-refractivity contribution in [3.8, 4) is 5.75 Å². The summed E-state index contributed by atoms with van der Waals surface area (Å²) in [4.78, 5) is 4.47. The highest BCUT2D eigenvalue weighted by atomic mass is 32.2. The molecule has 3 rings (SSSR count). The first-order valence-corrected chi connectivity index (χ1v) is 9.80. The zero-order valence-corrected chi connectivity index (χ0v) is 15.3. The van der Waals surface area contributed by atoms with Gasteiger partial charge in [-0.15, -0.1) is 0 Å². The molecule has 0 bridgehead atoms. The normalized spacial score (nSPS) is 11.6. The van der Waals surface area contributed by atoms with Gasteiger partial charge in [0.15, 0.2) is 5.13 Å². The molecule has 5 nitrogen and oxygen atoms in total. The van der Waals surface area contributed by atoms with E-state index in [2.05, 4.69) is 16.6 Å². The fraction of sp³-hybridized carbons (Fsp3) is 0.235. The molecule has 0 aliphatic rings. The summed E-state index contributed by atoms with van der Waals surface area (Å²) < 4.78 is 34.1. The van der Waals surface area contributed by atoms with Crippen LogP contribution in [0.25, 0.3) is 10.2 Å². The molecule has 2 aromatic carbocycles. The van der Waals surface area contributed by atoms with Gasteiger partial charge in [0, 0.05) is 0 Å². The van der Waals surface area contributed by atoms with Gasteiger partial charge >= 0.3 is 0 Å². The average Bonchev–Trinajstić information content (AvgIpc) is 2.95. The van der Waals surface area contributed by atoms with Gasteiger partial charge in [-0.1, -0.05) is 30.4 Å². The molecule has 0 saturated carbocycles. The second-order valence-electron chi connectivity index (χ2n) is 5.43. The first-order chi connectivity index (χ1) is 11.4. The van der Waals surface area contributed by atoms with Crippen LogP contribution >= 0.6 is 11.3 Å². The van der Waals surface area contributed by atoms with Gasteiger partial charge < -0.3 is 4.74 Å². The molecule has 0 amide bonds. The summed E-state index contributed by atoms with van der Waals surface area (Å²) in [5.41, 5.74) is 2.82. The van der Waals surface area contributed by atoms with E-state index in [9.17, 15) is 8.42 Å². The predicted molar refractivity (Wildman–Crippen MR) is 97.5 cm³/mol. The van der Waals surface area contributed by atoms with Crippen LogP contribution in [-0.2, 0) is 16.4 Å². The maximum Gasteiger partial charge on any atom is 0.267 e. The smallest absolute Gasteiger partial charge is 0.267 e. The van der Waals surface area contributed by atoms with Gasteiger partial charge in [0.25, 0.3) is 10.0 Å². The summed E-state index contributed by atoms with van der Waals surface area (Å²) in [5, 5.41) is 0.349. The van der Waals surface area contributed by atoms with Crippen molar-refractivity contribution in [2.75, 3.05) is 11.8 Å². The Hall–Kier alpha value is -2.12. The lowest BCUT2D eigenvalue weighted by molar-refractivity contribution is 0.402. The molecule has 0 saturated heterocycles. The van der Waals surface area contributed by atoms with E-state index in [0.29, 0.717) is 10.9 Å². The number of nitrogens with one attached hydrogen (secondary N) is 1. The van der Waals surface area contributed by atoms with E-state index in [1.54, 1.807) is 12.1 Å². The van der Waals surface area contributed by atoms with Crippen LogP contribution in [0.5, 0.6) is 5.75 Å². The first kappa shape index (κ1) is 16.7. The molecule has 0 atom stereocenters. The van der Waals surface area contributed by atoms with E-state index in [1.165, 1.54) is 24.0 Å². The number of nitrogens with zero attached hydrogens (tertiary/aromatic N) is 1. The quantitative estimate of drug-likeness (QED) is 0.745. The van der Waals surface area contributed by atoms with Crippen LogP contribution in [-0.4, -0.2) is 20.5 Å². The number of hydrogen-bond donors (Lipinski definition) is 1. The van der Waals surface area contributed by atoms with Crippen molar-refractivity contribution in [2.24, 2.45) is 0 Å². The Balaban J connectivity index is 1.99. The maximum atomic E-state index is 12.7. The first-order valence-electron chi connectivity index (χ1n) is 7.50. The number of ether oxygens (including phenoxy) is 1. The second kappa shape index (κ2) is 6.41. The Morgan fingerprint density at radius 3 is 2.71 bits per heavy atom. The van der Waals surface area contributed by atoms with E-state index in [1.807, 2.05) is 31.2 Å². The summed E-state index contributed by atoms with van der Waals surface area (Å²) in [6.45, 7) is 3.91. The van der Waals surface area contributed by atoms with Crippen molar-refractivity contribution >= 4 is 36.7 Å². The Morgan fingerprint density at radius 2 is 2.00 bits per heavy atom. The standard InChI is InChI=1S/C17H18N2O3S2/c1-4-12-6-7-13-15(10-12)23-17(18-13)19-24(20,21)16-9-11(2)5-8-14(16)22-3/h5-10H,4H2,1-3H3,(H,18,19). The fourth-order valence-electron chi connectivity index (χ4n) is 2.40. The number of hydrogen-bond acceptors (Lipinski definition) is 5. The minimum absolute atomic E-state index is 0.110. The molecule has 0 fully saturated rings. The van der Waals surface area contributed by atoms with Crippen LogP contribution in [0, 0.1) is 6.92 Å². The molecule has 7 heteroatoms. The molecule has 0 aliphatic heterocycles. The largest absolute Gasteiger partial charge is 0.495 e. The Bertz CT molecular complexity index is 994. The highest BCUT2D eigenvalue weighted by Gasteiger charge is 2.21. The maximum absolute atomic E-state index is 12.7. The molecule has 24 heavy (non-hydrogen) atoms. The van der Waals surface area contributed by atoms with Crippen molar-refractivity contribution in [1.82, 2.24) is 4.98 Å². The van der Waals surface area contributed by atoms with Crippen LogP contribution in [0.4, 0.5) is 5.13 Å². The third-order valence-electron chi connectivity index (χ3n) is 3.69. The molecule has 0 radical (unpaired) electrons. The van der Waals surface area contributed by atoms with Crippen LogP contribution in [0.15, 0.2) is 41.3 Å². The zero-order chi connectivity index (χ0) is 17.3. The molecule has 1 heterocycles. The van der Waals surface area contributed by atoms with Gasteiger partial charge in [-0.3, -0.25) is 4.72 Å². The highest BCUT2D eigenvalue weighted by molar-refractivity contribution is 7.93. The number of fused-ring (bicyclic) bond motifs is 1. The SMILES string of the molecule is CCc1ccc2nc(NS(=O)(=O)c3cc(C)ccc3OC)sc2c1. The lowest BCUT2D eigenvalue weighted by atomic mass is 10.2. The lowest BCUT2D eigenvalue weighted by Crippen LogP contribution is -2.14. The van der Waals surface area contributed by atoms with Crippen LogP contribution in [0.2, 0.25) is 0 Å². The van der Waals surface area contributed by atoms with Crippen molar-refractivity contribution in [1.29, 1.82) is 0 Å². The van der Waals surface area contributed by atoms with Gasteiger partial charge in [0.2, 0.25) is 0 Å². The molecule has 1 N–H and O–H groups in total. The highest BCUT2D eigenvalue weighted by Crippen LogP contribution is 2.31. The summed E-state index contributed by atoms with van der Waals surface area (Å²) in [7, 11) is -2.32. The van der Waals surface area contributed by atoms with Gasteiger partial charge in [-0.2, -0.15) is 0 Å². The number of sulfonamides is 1. The van der Waals surface area contributed by atoms with Crippen LogP contribution in [0.1, 0.15) is 18.1 Å². The number of aromatic nitrogens is 1. The number of rotatable bonds is 5. The Morgan fingerprint density at radius 1 is 1.21 bits per heavy atom. The summed E-state index contributed by atoms with van der Waals surface area (Å²) >= 11 is 1.32. The van der Waals surface area contributed by atoms with E-state index in [4.69, 9.17) is 4.74 Å². The molecule has 0 spiro atoms. The average molecular weight is 362 g/mol. The van der Waals surface area contributed by atoms with Crippen LogP contribution in [0.3, 0.4) is 0 Å². The van der Waals surface area contributed by atoms with Gasteiger partial charge in [0.1, 0.15) is 10.6 Å². The Kier molecular flexibility index (Phi) is 4.47. The summed E-state index contributed by atoms with van der Waals surface area (Å²) in [5.74, 6) is 0.308. The van der Waals surface area contributed by atoms with E-state index in [-0.39, 0.29) is 4.90 Å². The van der Waals surface area contributed by atoms with Crippen LogP contribution < -0.4 is 9.46 Å². The molecule has 0 aliphatic carbocycles. The van der Waals surface area contributed by atoms with Gasteiger partial charge in [0.05, 0.1) is 17.3 Å². The van der Waals surface area contributed by atoms with E-state index in [0.717, 1.165) is 22.2 Å². The van der Waals surface area contributed by atoms with Crippen molar-refractivity contribution in [3.63, 3.8) is 0 Å². The minimum Gasteiger partial charge on any atom is -0.495 e. The lowest BCUT2D eigenvalue weighted by Gasteiger charge is -2.10. The third-order valence-corrected chi connectivity index (χ3v) is 6.11. The van der Waals surface area contributed by atoms with Crippen molar-refractivity contribution < 1.29 is 13.2 Å². The molecule has 1 aromatic heterocycles. The predicted octanol–water partition coefficient (Wildman–Crippen LogP) is 3.98. The molecular weight excluding hydrogens is 344 g/mol. The number of benzene rings is 2. The van der Waals surface area contributed by atoms with Crippen molar-refractivity contribution in [3.05, 3.63) is 47.5 Å². The molecule has 126 valence electrons. The molecular formula is C17H18N2O3S2. The number of methoxy groups -OCH3 is 1. The van der Waals surface area contributed by atoms with Gasteiger partial charge in [-0.25, -0.2) is 13.4 Å².